The van der Waals surface area contributed by atoms with Crippen molar-refractivity contribution in [2.45, 2.75) is 32.6 Å². The van der Waals surface area contributed by atoms with Crippen LogP contribution in [0.5, 0.6) is 11.5 Å². The van der Waals surface area contributed by atoms with Gasteiger partial charge >= 0.3 is 0 Å². The van der Waals surface area contributed by atoms with Crippen LogP contribution in [0.1, 0.15) is 38.2 Å². The Hall–Kier alpha value is -3.72. The first-order valence-corrected chi connectivity index (χ1v) is 10.6. The molecule has 1 heterocycles. The predicted molar refractivity (Wildman–Crippen MR) is 120 cm³/mol. The fourth-order valence-corrected chi connectivity index (χ4v) is 4.21. The number of nitriles is 1. The lowest BCUT2D eigenvalue weighted by Crippen LogP contribution is -2.33. The van der Waals surface area contributed by atoms with Gasteiger partial charge in [-0.1, -0.05) is 44.2 Å². The number of ether oxygens (including phenoxy) is 3. The van der Waals surface area contributed by atoms with Gasteiger partial charge in [0.1, 0.15) is 42.1 Å². The van der Waals surface area contributed by atoms with E-state index in [1.807, 2.05) is 68.4 Å². The fourth-order valence-electron chi connectivity index (χ4n) is 4.21. The minimum atomic E-state index is -0.525. The lowest BCUT2D eigenvalue weighted by atomic mass is 9.70. The third-order valence-electron chi connectivity index (χ3n) is 5.65. The van der Waals surface area contributed by atoms with E-state index in [1.165, 1.54) is 0 Å². The summed E-state index contributed by atoms with van der Waals surface area (Å²) in [7, 11) is 0. The van der Waals surface area contributed by atoms with Gasteiger partial charge in [0.25, 0.3) is 0 Å². The number of carbonyl (C=O) groups excluding carboxylic acids is 1. The quantitative estimate of drug-likeness (QED) is 0.674. The molecule has 0 aromatic heterocycles. The van der Waals surface area contributed by atoms with E-state index in [-0.39, 0.29) is 22.7 Å². The molecule has 1 aliphatic carbocycles. The smallest absolute Gasteiger partial charge is 0.205 e. The molecule has 6 nitrogen and oxygen atoms in total. The molecule has 32 heavy (non-hydrogen) atoms. The average molecular weight is 431 g/mol. The molecular formula is C26H26N2O4. The number of hydrogen-bond donors (Lipinski definition) is 1. The van der Waals surface area contributed by atoms with E-state index in [4.69, 9.17) is 19.9 Å². The maximum atomic E-state index is 13.0. The van der Waals surface area contributed by atoms with Crippen LogP contribution in [0.25, 0.3) is 0 Å². The van der Waals surface area contributed by atoms with Gasteiger partial charge in [0.05, 0.1) is 5.92 Å². The minimum absolute atomic E-state index is 0.000104. The summed E-state index contributed by atoms with van der Waals surface area (Å²) in [5, 5.41) is 9.72. The highest BCUT2D eigenvalue weighted by Crippen LogP contribution is 2.47. The van der Waals surface area contributed by atoms with Crippen molar-refractivity contribution in [2.75, 3.05) is 13.2 Å². The van der Waals surface area contributed by atoms with Gasteiger partial charge < -0.3 is 19.9 Å². The number of benzene rings is 2. The molecule has 4 rings (SSSR count). The number of Topliss-reactive ketones (excluding diaryl/α,β-unsaturated/α-hetero) is 1. The molecule has 1 atom stereocenters. The number of nitrogens with zero attached hydrogens (tertiary/aromatic N) is 1. The summed E-state index contributed by atoms with van der Waals surface area (Å²) in [5.41, 5.74) is 7.48. The summed E-state index contributed by atoms with van der Waals surface area (Å²) in [5.74, 6) is 1.59. The monoisotopic (exact) mass is 430 g/mol. The zero-order chi connectivity index (χ0) is 22.7. The maximum Gasteiger partial charge on any atom is 0.205 e. The Morgan fingerprint density at radius 2 is 1.66 bits per heavy atom. The van der Waals surface area contributed by atoms with Crippen molar-refractivity contribution in [3.63, 3.8) is 0 Å². The zero-order valence-electron chi connectivity index (χ0n) is 18.3. The third kappa shape index (κ3) is 4.47. The Labute approximate surface area is 187 Å². The van der Waals surface area contributed by atoms with Crippen LogP contribution >= 0.6 is 0 Å². The summed E-state index contributed by atoms with van der Waals surface area (Å²) in [6.07, 6.45) is 1.01. The third-order valence-corrected chi connectivity index (χ3v) is 5.65. The molecule has 0 saturated carbocycles. The first-order valence-electron chi connectivity index (χ1n) is 10.6. The van der Waals surface area contributed by atoms with Crippen molar-refractivity contribution >= 4 is 5.78 Å². The summed E-state index contributed by atoms with van der Waals surface area (Å²) in [4.78, 5) is 13.0. The van der Waals surface area contributed by atoms with E-state index < -0.39 is 5.92 Å². The minimum Gasteiger partial charge on any atom is -0.490 e. The van der Waals surface area contributed by atoms with Crippen molar-refractivity contribution in [2.24, 2.45) is 11.1 Å². The zero-order valence-corrected chi connectivity index (χ0v) is 18.3. The first-order chi connectivity index (χ1) is 15.4. The van der Waals surface area contributed by atoms with E-state index in [2.05, 4.69) is 6.07 Å². The van der Waals surface area contributed by atoms with Crippen molar-refractivity contribution in [1.82, 2.24) is 0 Å². The number of ketones is 1. The Morgan fingerprint density at radius 3 is 2.28 bits per heavy atom. The van der Waals surface area contributed by atoms with Gasteiger partial charge in [0.2, 0.25) is 5.88 Å². The highest BCUT2D eigenvalue weighted by atomic mass is 16.5. The molecule has 1 unspecified atom stereocenters. The molecule has 2 N–H and O–H groups in total. The van der Waals surface area contributed by atoms with E-state index >= 15 is 0 Å². The van der Waals surface area contributed by atoms with Crippen molar-refractivity contribution < 1.29 is 19.0 Å². The topological polar surface area (TPSA) is 94.6 Å². The van der Waals surface area contributed by atoms with Crippen molar-refractivity contribution in [3.8, 4) is 17.6 Å². The summed E-state index contributed by atoms with van der Waals surface area (Å²) < 4.78 is 17.1. The second kappa shape index (κ2) is 8.80. The maximum absolute atomic E-state index is 13.0. The van der Waals surface area contributed by atoms with Crippen LogP contribution in [-0.4, -0.2) is 19.0 Å². The van der Waals surface area contributed by atoms with Gasteiger partial charge in [-0.2, -0.15) is 5.26 Å². The van der Waals surface area contributed by atoms with E-state index in [9.17, 15) is 10.1 Å². The Kier molecular flexibility index (Phi) is 5.91. The molecule has 2 aromatic rings. The number of carbonyl (C=O) groups is 1. The molecule has 0 radical (unpaired) electrons. The standard InChI is InChI=1S/C26H26N2O4/c1-26(2)14-21(29)24-22(15-26)32-25(28)20(16-27)23(24)17-8-10-19(11-9-17)31-13-12-30-18-6-4-3-5-7-18/h3-11,23H,12-15,28H2,1-2H3. The van der Waals surface area contributed by atoms with Gasteiger partial charge in [-0.25, -0.2) is 0 Å². The number of allylic oxidation sites excluding steroid dienone is 3. The number of hydrogen-bond acceptors (Lipinski definition) is 6. The average Bonchev–Trinajstić information content (AvgIpc) is 2.76. The molecule has 0 amide bonds. The molecule has 2 aromatic carbocycles. The normalized spacial score (nSPS) is 19.7. The van der Waals surface area contributed by atoms with Crippen LogP contribution in [0.4, 0.5) is 0 Å². The van der Waals surface area contributed by atoms with Gasteiger partial charge in [0, 0.05) is 18.4 Å². The van der Waals surface area contributed by atoms with Gasteiger partial charge in [0.15, 0.2) is 5.78 Å². The molecular weight excluding hydrogens is 404 g/mol. The second-order valence-electron chi connectivity index (χ2n) is 8.78. The Morgan fingerprint density at radius 1 is 1.03 bits per heavy atom. The summed E-state index contributed by atoms with van der Waals surface area (Å²) in [6.45, 7) is 4.87. The first kappa shape index (κ1) is 21.5. The van der Waals surface area contributed by atoms with Crippen molar-refractivity contribution in [3.05, 3.63) is 82.9 Å². The Balaban J connectivity index is 1.50. The van der Waals surface area contributed by atoms with Crippen LogP contribution in [0, 0.1) is 16.7 Å². The molecule has 0 fully saturated rings. The Bertz CT molecular complexity index is 1110. The molecule has 1 aliphatic heterocycles. The number of rotatable bonds is 6. The highest BCUT2D eigenvalue weighted by Gasteiger charge is 2.42. The SMILES string of the molecule is CC1(C)CC(=O)C2=C(C1)OC(N)=C(C#N)C2c1ccc(OCCOc2ccccc2)cc1. The lowest BCUT2D eigenvalue weighted by molar-refractivity contribution is -0.119. The van der Waals surface area contributed by atoms with Crippen LogP contribution in [0.15, 0.2) is 77.4 Å². The van der Waals surface area contributed by atoms with Crippen LogP contribution in [0.2, 0.25) is 0 Å². The van der Waals surface area contributed by atoms with Crippen LogP contribution in [0.3, 0.4) is 0 Å². The van der Waals surface area contributed by atoms with Gasteiger partial charge in [-0.15, -0.1) is 0 Å². The lowest BCUT2D eigenvalue weighted by Gasteiger charge is -2.37. The number of para-hydroxylation sites is 1. The predicted octanol–water partition coefficient (Wildman–Crippen LogP) is 4.60. The largest absolute Gasteiger partial charge is 0.490 e. The van der Waals surface area contributed by atoms with Gasteiger partial charge in [-0.3, -0.25) is 4.79 Å². The van der Waals surface area contributed by atoms with E-state index in [0.29, 0.717) is 43.1 Å². The van der Waals surface area contributed by atoms with Crippen LogP contribution < -0.4 is 15.2 Å². The molecule has 0 saturated heterocycles. The van der Waals surface area contributed by atoms with E-state index in [1.54, 1.807) is 0 Å². The van der Waals surface area contributed by atoms with E-state index in [0.717, 1.165) is 11.3 Å². The summed E-state index contributed by atoms with van der Waals surface area (Å²) >= 11 is 0. The number of nitrogens with two attached hydrogens (primary N) is 1. The van der Waals surface area contributed by atoms with Crippen molar-refractivity contribution in [1.29, 1.82) is 5.26 Å². The molecule has 164 valence electrons. The second-order valence-corrected chi connectivity index (χ2v) is 8.78. The van der Waals surface area contributed by atoms with Crippen LogP contribution in [-0.2, 0) is 9.53 Å². The molecule has 0 bridgehead atoms. The molecule has 2 aliphatic rings. The fraction of sp³-hybridized carbons (Fsp3) is 0.308. The molecule has 6 heteroatoms. The van der Waals surface area contributed by atoms with Gasteiger partial charge in [-0.05, 0) is 35.2 Å². The highest BCUT2D eigenvalue weighted by molar-refractivity contribution is 6.00. The molecule has 0 spiro atoms. The summed E-state index contributed by atoms with van der Waals surface area (Å²) in [6, 6.07) is 19.1.